The van der Waals surface area contributed by atoms with Gasteiger partial charge in [-0.15, -0.1) is 11.3 Å². The van der Waals surface area contributed by atoms with Gasteiger partial charge in [0.15, 0.2) is 0 Å². The topological polar surface area (TPSA) is 88.7 Å². The maximum Gasteiger partial charge on any atom is 0.320 e. The number of nitrogens with zero attached hydrogens (tertiary/aromatic N) is 2. The number of aromatic nitrogens is 1. The number of rotatable bonds is 8. The van der Waals surface area contributed by atoms with E-state index in [1.54, 1.807) is 11.3 Å². The standard InChI is InChI=1S/C18H23N3O3S/c19-11-15-12-20-17(25-15)13-4-6-14(7-5-13)24-10-2-9-21-8-1-3-16(21)18(22)23/h4-7,12,16H,1-3,8-11,19H2,(H,22,23)/t16-/m0/s1. The Bertz CT molecular complexity index is 702. The molecule has 6 nitrogen and oxygen atoms in total. The maximum atomic E-state index is 11.2. The second kappa shape index (κ2) is 8.42. The molecular weight excluding hydrogens is 338 g/mol. The molecule has 1 aromatic carbocycles. The summed E-state index contributed by atoms with van der Waals surface area (Å²) in [5, 5.41) is 10.1. The lowest BCUT2D eigenvalue weighted by atomic mass is 10.2. The van der Waals surface area contributed by atoms with Gasteiger partial charge in [0, 0.05) is 29.7 Å². The summed E-state index contributed by atoms with van der Waals surface area (Å²) in [6, 6.07) is 7.55. The van der Waals surface area contributed by atoms with Crippen molar-refractivity contribution < 1.29 is 14.6 Å². The van der Waals surface area contributed by atoms with E-state index in [2.05, 4.69) is 4.98 Å². The van der Waals surface area contributed by atoms with Crippen molar-refractivity contribution >= 4 is 17.3 Å². The van der Waals surface area contributed by atoms with Gasteiger partial charge in [0.25, 0.3) is 0 Å². The van der Waals surface area contributed by atoms with Gasteiger partial charge in [-0.05, 0) is 50.1 Å². The summed E-state index contributed by atoms with van der Waals surface area (Å²) >= 11 is 1.60. The second-order valence-corrected chi connectivity index (χ2v) is 7.21. The van der Waals surface area contributed by atoms with Crippen LogP contribution in [0.5, 0.6) is 5.75 Å². The van der Waals surface area contributed by atoms with Gasteiger partial charge >= 0.3 is 5.97 Å². The quantitative estimate of drug-likeness (QED) is 0.703. The van der Waals surface area contributed by atoms with Crippen molar-refractivity contribution in [3.8, 4) is 16.3 Å². The zero-order valence-electron chi connectivity index (χ0n) is 14.1. The summed E-state index contributed by atoms with van der Waals surface area (Å²) in [4.78, 5) is 18.6. The average Bonchev–Trinajstić information content (AvgIpc) is 3.28. The molecule has 3 N–H and O–H groups in total. The van der Waals surface area contributed by atoms with Crippen LogP contribution in [0.25, 0.3) is 10.6 Å². The van der Waals surface area contributed by atoms with Crippen molar-refractivity contribution in [3.63, 3.8) is 0 Å². The molecule has 2 heterocycles. The third kappa shape index (κ3) is 4.56. The van der Waals surface area contributed by atoms with E-state index in [1.165, 1.54) is 0 Å². The van der Waals surface area contributed by atoms with Gasteiger partial charge in [-0.2, -0.15) is 0 Å². The van der Waals surface area contributed by atoms with E-state index >= 15 is 0 Å². The monoisotopic (exact) mass is 361 g/mol. The van der Waals surface area contributed by atoms with Crippen molar-refractivity contribution in [1.82, 2.24) is 9.88 Å². The van der Waals surface area contributed by atoms with Crippen LogP contribution in [0.4, 0.5) is 0 Å². The largest absolute Gasteiger partial charge is 0.494 e. The molecule has 0 aliphatic carbocycles. The van der Waals surface area contributed by atoms with E-state index in [4.69, 9.17) is 10.5 Å². The predicted molar refractivity (Wildman–Crippen MR) is 97.8 cm³/mol. The highest BCUT2D eigenvalue weighted by Gasteiger charge is 2.29. The van der Waals surface area contributed by atoms with Crippen molar-refractivity contribution in [2.24, 2.45) is 5.73 Å². The normalized spacial score (nSPS) is 17.7. The minimum absolute atomic E-state index is 0.323. The second-order valence-electron chi connectivity index (χ2n) is 6.09. The lowest BCUT2D eigenvalue weighted by molar-refractivity contribution is -0.142. The van der Waals surface area contributed by atoms with Gasteiger partial charge in [-0.3, -0.25) is 9.69 Å². The highest BCUT2D eigenvalue weighted by Crippen LogP contribution is 2.26. The first-order valence-corrected chi connectivity index (χ1v) is 9.34. The minimum Gasteiger partial charge on any atom is -0.494 e. The Morgan fingerprint density at radius 3 is 2.88 bits per heavy atom. The smallest absolute Gasteiger partial charge is 0.320 e. The lowest BCUT2D eigenvalue weighted by Crippen LogP contribution is -2.36. The third-order valence-corrected chi connectivity index (χ3v) is 5.43. The first kappa shape index (κ1) is 17.8. The summed E-state index contributed by atoms with van der Waals surface area (Å²) in [7, 11) is 0. The average molecular weight is 361 g/mol. The SMILES string of the molecule is NCc1cnc(-c2ccc(OCCCN3CCC[C@H]3C(=O)O)cc2)s1. The number of hydrogen-bond donors (Lipinski definition) is 2. The molecular formula is C18H23N3O3S. The van der Waals surface area contributed by atoms with Crippen LogP contribution in [0.2, 0.25) is 0 Å². The Balaban J connectivity index is 1.45. The van der Waals surface area contributed by atoms with Crippen molar-refractivity contribution in [2.45, 2.75) is 31.8 Å². The van der Waals surface area contributed by atoms with Crippen LogP contribution in [0, 0.1) is 0 Å². The van der Waals surface area contributed by atoms with Gasteiger partial charge < -0.3 is 15.6 Å². The van der Waals surface area contributed by atoms with E-state index in [9.17, 15) is 9.90 Å². The highest BCUT2D eigenvalue weighted by atomic mass is 32.1. The Morgan fingerprint density at radius 2 is 2.20 bits per heavy atom. The maximum absolute atomic E-state index is 11.2. The molecule has 1 aromatic heterocycles. The number of likely N-dealkylation sites (tertiary alicyclic amines) is 1. The van der Waals surface area contributed by atoms with Crippen molar-refractivity contribution in [1.29, 1.82) is 0 Å². The van der Waals surface area contributed by atoms with E-state index in [0.717, 1.165) is 53.5 Å². The van der Waals surface area contributed by atoms with Crippen LogP contribution in [-0.2, 0) is 11.3 Å². The van der Waals surface area contributed by atoms with Gasteiger partial charge in [0.2, 0.25) is 0 Å². The van der Waals surface area contributed by atoms with Crippen molar-refractivity contribution in [3.05, 3.63) is 35.3 Å². The van der Waals surface area contributed by atoms with Gasteiger partial charge in [-0.25, -0.2) is 4.98 Å². The van der Waals surface area contributed by atoms with E-state index < -0.39 is 5.97 Å². The van der Waals surface area contributed by atoms with Crippen LogP contribution in [0.15, 0.2) is 30.5 Å². The molecule has 0 saturated carbocycles. The van der Waals surface area contributed by atoms with Crippen LogP contribution < -0.4 is 10.5 Å². The number of hydrogen-bond acceptors (Lipinski definition) is 6. The van der Waals surface area contributed by atoms with Crippen LogP contribution in [0.3, 0.4) is 0 Å². The summed E-state index contributed by atoms with van der Waals surface area (Å²) in [6.45, 7) is 2.72. The Labute approximate surface area is 151 Å². The van der Waals surface area contributed by atoms with Gasteiger partial charge in [0.1, 0.15) is 16.8 Å². The van der Waals surface area contributed by atoms with E-state index in [-0.39, 0.29) is 6.04 Å². The Kier molecular flexibility index (Phi) is 6.01. The molecule has 0 unspecified atom stereocenters. The molecule has 0 bridgehead atoms. The Morgan fingerprint density at radius 1 is 1.40 bits per heavy atom. The fourth-order valence-electron chi connectivity index (χ4n) is 3.06. The number of carboxylic acids is 1. The van der Waals surface area contributed by atoms with Crippen molar-refractivity contribution in [2.75, 3.05) is 19.7 Å². The molecule has 2 aromatic rings. The molecule has 3 rings (SSSR count). The first-order valence-electron chi connectivity index (χ1n) is 8.52. The summed E-state index contributed by atoms with van der Waals surface area (Å²) in [5.74, 6) is 0.101. The fraction of sp³-hybridized carbons (Fsp3) is 0.444. The minimum atomic E-state index is -0.714. The molecule has 1 aliphatic rings. The molecule has 7 heteroatoms. The zero-order valence-corrected chi connectivity index (χ0v) is 14.9. The summed E-state index contributed by atoms with van der Waals surface area (Å²) in [5.41, 5.74) is 6.67. The third-order valence-electron chi connectivity index (χ3n) is 4.36. The Hall–Kier alpha value is -1.96. The molecule has 1 aliphatic heterocycles. The number of ether oxygens (including phenoxy) is 1. The molecule has 0 amide bonds. The number of carboxylic acid groups (broad SMARTS) is 1. The zero-order chi connectivity index (χ0) is 17.6. The number of aliphatic carboxylic acids is 1. The number of carbonyl (C=O) groups is 1. The summed E-state index contributed by atoms with van der Waals surface area (Å²) < 4.78 is 5.77. The van der Waals surface area contributed by atoms with Gasteiger partial charge in [0.05, 0.1) is 6.61 Å². The number of benzene rings is 1. The molecule has 1 saturated heterocycles. The first-order chi connectivity index (χ1) is 12.2. The molecule has 25 heavy (non-hydrogen) atoms. The lowest BCUT2D eigenvalue weighted by Gasteiger charge is -2.20. The molecule has 1 atom stereocenters. The van der Waals surface area contributed by atoms with E-state index in [1.807, 2.05) is 35.4 Å². The number of nitrogens with two attached hydrogens (primary N) is 1. The molecule has 1 fully saturated rings. The van der Waals surface area contributed by atoms with Crippen LogP contribution in [0.1, 0.15) is 24.1 Å². The van der Waals surface area contributed by atoms with Gasteiger partial charge in [-0.1, -0.05) is 0 Å². The van der Waals surface area contributed by atoms with Crippen LogP contribution in [-0.4, -0.2) is 46.7 Å². The molecule has 0 radical (unpaired) electrons. The molecule has 134 valence electrons. The highest BCUT2D eigenvalue weighted by molar-refractivity contribution is 7.15. The predicted octanol–water partition coefficient (Wildman–Crippen LogP) is 2.59. The van der Waals surface area contributed by atoms with Crippen LogP contribution >= 0.6 is 11.3 Å². The fourth-order valence-corrected chi connectivity index (χ4v) is 3.86. The summed E-state index contributed by atoms with van der Waals surface area (Å²) in [6.07, 6.45) is 4.34. The number of thiazole rings is 1. The van der Waals surface area contributed by atoms with E-state index in [0.29, 0.717) is 13.2 Å². The molecule has 0 spiro atoms.